The Labute approximate surface area is 124 Å². The number of hydrogen-bond acceptors (Lipinski definition) is 3. The number of hydrogen-bond donors (Lipinski definition) is 2. The zero-order chi connectivity index (χ0) is 13.9. The average molecular weight is 303 g/mol. The lowest BCUT2D eigenvalue weighted by Crippen LogP contribution is -2.41. The van der Waals surface area contributed by atoms with Crippen LogP contribution in [-0.4, -0.2) is 25.3 Å². The van der Waals surface area contributed by atoms with Gasteiger partial charge >= 0.3 is 0 Å². The summed E-state index contributed by atoms with van der Waals surface area (Å²) in [6.07, 6.45) is 2.18. The second kappa shape index (κ2) is 6.42. The molecule has 3 nitrogen and oxygen atoms in total. The topological polar surface area (TPSA) is 47.3 Å². The number of nitrogens with one attached hydrogen (secondary N) is 1. The number of benzene rings is 1. The molecule has 106 valence electrons. The van der Waals surface area contributed by atoms with Gasteiger partial charge in [-0.3, -0.25) is 0 Å². The fourth-order valence-electron chi connectivity index (χ4n) is 2.42. The molecule has 0 bridgehead atoms. The van der Waals surface area contributed by atoms with Crippen molar-refractivity contribution in [2.75, 3.05) is 19.7 Å². The molecule has 0 saturated carbocycles. The monoisotopic (exact) mass is 302 g/mol. The van der Waals surface area contributed by atoms with Crippen molar-refractivity contribution in [3.8, 4) is 0 Å². The fourth-order valence-corrected chi connectivity index (χ4v) is 2.85. The predicted octanol–water partition coefficient (Wildman–Crippen LogP) is 3.15. The van der Waals surface area contributed by atoms with Crippen molar-refractivity contribution < 1.29 is 4.74 Å². The second-order valence-corrected chi connectivity index (χ2v) is 6.08. The van der Waals surface area contributed by atoms with Crippen LogP contribution in [0, 0.1) is 0 Å². The number of halogens is 2. The number of nitrogens with two attached hydrogens (primary N) is 1. The molecule has 1 saturated heterocycles. The number of rotatable bonds is 5. The van der Waals surface area contributed by atoms with Crippen molar-refractivity contribution in [3.63, 3.8) is 0 Å². The van der Waals surface area contributed by atoms with E-state index in [1.165, 1.54) is 0 Å². The Balaban J connectivity index is 2.05. The molecule has 0 amide bonds. The molecule has 3 N–H and O–H groups in total. The molecule has 19 heavy (non-hydrogen) atoms. The third-order valence-corrected chi connectivity index (χ3v) is 4.17. The highest BCUT2D eigenvalue weighted by Crippen LogP contribution is 2.28. The quantitative estimate of drug-likeness (QED) is 0.878. The van der Waals surface area contributed by atoms with Crippen LogP contribution in [0.2, 0.25) is 10.0 Å². The molecule has 0 radical (unpaired) electrons. The van der Waals surface area contributed by atoms with Crippen LogP contribution in [0.5, 0.6) is 0 Å². The second-order valence-electron chi connectivity index (χ2n) is 5.24. The molecule has 1 aromatic rings. The largest absolute Gasteiger partial charge is 0.374 e. The van der Waals surface area contributed by atoms with Crippen LogP contribution in [0.1, 0.15) is 31.4 Å². The molecule has 1 aromatic carbocycles. The lowest BCUT2D eigenvalue weighted by molar-refractivity contribution is 0.0189. The molecule has 5 heteroatoms. The van der Waals surface area contributed by atoms with Gasteiger partial charge < -0.3 is 15.8 Å². The van der Waals surface area contributed by atoms with Crippen molar-refractivity contribution in [1.29, 1.82) is 0 Å². The van der Waals surface area contributed by atoms with Gasteiger partial charge in [-0.15, -0.1) is 0 Å². The van der Waals surface area contributed by atoms with Gasteiger partial charge in [0.15, 0.2) is 0 Å². The maximum absolute atomic E-state index is 6.21. The van der Waals surface area contributed by atoms with Gasteiger partial charge in [0.05, 0.1) is 5.60 Å². The molecule has 1 fully saturated rings. The SMILES string of the molecule is CC1(CNC(CN)c2cc(Cl)ccc2Cl)CCCO1. The first kappa shape index (κ1) is 15.1. The summed E-state index contributed by atoms with van der Waals surface area (Å²) in [6.45, 7) is 4.19. The Morgan fingerprint density at radius 1 is 1.47 bits per heavy atom. The minimum absolute atomic E-state index is 0.00720. The summed E-state index contributed by atoms with van der Waals surface area (Å²) in [5.74, 6) is 0. The molecule has 1 aliphatic rings. The zero-order valence-corrected chi connectivity index (χ0v) is 12.6. The third-order valence-electron chi connectivity index (χ3n) is 3.59. The Bertz CT molecular complexity index is 433. The van der Waals surface area contributed by atoms with E-state index in [1.54, 1.807) is 12.1 Å². The Morgan fingerprint density at radius 3 is 2.89 bits per heavy atom. The lowest BCUT2D eigenvalue weighted by atomic mass is 10.0. The molecule has 2 atom stereocenters. The van der Waals surface area contributed by atoms with Crippen LogP contribution in [0.25, 0.3) is 0 Å². The van der Waals surface area contributed by atoms with E-state index in [4.69, 9.17) is 33.7 Å². The van der Waals surface area contributed by atoms with Gasteiger partial charge in [0, 0.05) is 35.8 Å². The molecule has 0 aliphatic carbocycles. The minimum Gasteiger partial charge on any atom is -0.374 e. The van der Waals surface area contributed by atoms with E-state index in [-0.39, 0.29) is 11.6 Å². The maximum atomic E-state index is 6.21. The van der Waals surface area contributed by atoms with Crippen molar-refractivity contribution >= 4 is 23.2 Å². The highest BCUT2D eigenvalue weighted by atomic mass is 35.5. The lowest BCUT2D eigenvalue weighted by Gasteiger charge is -2.27. The van der Waals surface area contributed by atoms with E-state index in [1.807, 2.05) is 6.07 Å². The normalized spacial score (nSPS) is 24.6. The Morgan fingerprint density at radius 2 is 2.26 bits per heavy atom. The molecule has 1 aliphatic heterocycles. The molecule has 1 heterocycles. The van der Waals surface area contributed by atoms with Gasteiger partial charge in [-0.25, -0.2) is 0 Å². The van der Waals surface area contributed by atoms with Crippen molar-refractivity contribution in [1.82, 2.24) is 5.32 Å². The van der Waals surface area contributed by atoms with E-state index in [0.29, 0.717) is 16.6 Å². The maximum Gasteiger partial charge on any atom is 0.0779 e. The van der Waals surface area contributed by atoms with Crippen molar-refractivity contribution in [3.05, 3.63) is 33.8 Å². The zero-order valence-electron chi connectivity index (χ0n) is 11.1. The fraction of sp³-hybridized carbons (Fsp3) is 0.571. The van der Waals surface area contributed by atoms with Crippen LogP contribution in [0.4, 0.5) is 0 Å². The summed E-state index contributed by atoms with van der Waals surface area (Å²) >= 11 is 12.2. The van der Waals surface area contributed by atoms with Gasteiger partial charge in [-0.2, -0.15) is 0 Å². The smallest absolute Gasteiger partial charge is 0.0779 e. The van der Waals surface area contributed by atoms with Crippen LogP contribution in [0.3, 0.4) is 0 Å². The molecule has 0 aromatic heterocycles. The third kappa shape index (κ3) is 3.83. The summed E-state index contributed by atoms with van der Waals surface area (Å²) in [5.41, 5.74) is 6.69. The molecule has 0 spiro atoms. The molecular weight excluding hydrogens is 283 g/mol. The summed E-state index contributed by atoms with van der Waals surface area (Å²) in [4.78, 5) is 0. The van der Waals surface area contributed by atoms with Crippen LogP contribution in [0.15, 0.2) is 18.2 Å². The standard InChI is InChI=1S/C14H20Cl2N2O/c1-14(5-2-6-19-14)9-18-13(8-17)11-7-10(15)3-4-12(11)16/h3-4,7,13,18H,2,5-6,8-9,17H2,1H3. The minimum atomic E-state index is -0.0987. The van der Waals surface area contributed by atoms with E-state index in [9.17, 15) is 0 Å². The van der Waals surface area contributed by atoms with E-state index >= 15 is 0 Å². The van der Waals surface area contributed by atoms with Crippen molar-refractivity contribution in [2.45, 2.75) is 31.4 Å². The Kier molecular flexibility index (Phi) is 5.09. The highest BCUT2D eigenvalue weighted by molar-refractivity contribution is 6.33. The van der Waals surface area contributed by atoms with Crippen LogP contribution >= 0.6 is 23.2 Å². The molecular formula is C14H20Cl2N2O. The van der Waals surface area contributed by atoms with E-state index in [2.05, 4.69) is 12.2 Å². The Hall–Kier alpha value is -0.320. The summed E-state index contributed by atoms with van der Waals surface area (Å²) in [7, 11) is 0. The van der Waals surface area contributed by atoms with Gasteiger partial charge in [-0.1, -0.05) is 23.2 Å². The van der Waals surface area contributed by atoms with Crippen LogP contribution < -0.4 is 11.1 Å². The predicted molar refractivity (Wildman–Crippen MR) is 79.9 cm³/mol. The summed E-state index contributed by atoms with van der Waals surface area (Å²) in [5, 5.41) is 4.80. The van der Waals surface area contributed by atoms with Crippen molar-refractivity contribution in [2.24, 2.45) is 5.73 Å². The highest BCUT2D eigenvalue weighted by Gasteiger charge is 2.30. The first-order valence-corrected chi connectivity index (χ1v) is 7.32. The van der Waals surface area contributed by atoms with Gasteiger partial charge in [0.1, 0.15) is 0 Å². The first-order valence-electron chi connectivity index (χ1n) is 6.56. The first-order chi connectivity index (χ1) is 9.04. The van der Waals surface area contributed by atoms with Gasteiger partial charge in [-0.05, 0) is 43.5 Å². The van der Waals surface area contributed by atoms with Gasteiger partial charge in [0.25, 0.3) is 0 Å². The van der Waals surface area contributed by atoms with Gasteiger partial charge in [0.2, 0.25) is 0 Å². The number of ether oxygens (including phenoxy) is 1. The van der Waals surface area contributed by atoms with Crippen LogP contribution in [-0.2, 0) is 4.74 Å². The average Bonchev–Trinajstić information content (AvgIpc) is 2.81. The summed E-state index contributed by atoms with van der Waals surface area (Å²) < 4.78 is 5.76. The van der Waals surface area contributed by atoms with E-state index in [0.717, 1.165) is 31.6 Å². The molecule has 2 rings (SSSR count). The summed E-state index contributed by atoms with van der Waals surface area (Å²) in [6, 6.07) is 5.44. The molecule has 2 unspecified atom stereocenters. The van der Waals surface area contributed by atoms with E-state index < -0.39 is 0 Å².